The fourth-order valence-corrected chi connectivity index (χ4v) is 5.18. The Hall–Kier alpha value is 0.740. The first-order valence-corrected chi connectivity index (χ1v) is 13.5. The largest absolute Gasteiger partial charge is 0.324 e. The molecule has 6 heteroatoms. The molecule has 0 saturated heterocycles. The molecule has 0 heterocycles. The molecule has 0 aromatic carbocycles. The van der Waals surface area contributed by atoms with Crippen molar-refractivity contribution in [3.8, 4) is 0 Å². The molecule has 0 aliphatic heterocycles. The lowest BCUT2D eigenvalue weighted by molar-refractivity contribution is -0.928. The number of nitrogens with zero attached hydrogens (tertiary/aromatic N) is 1. The summed E-state index contributed by atoms with van der Waals surface area (Å²) in [6, 6.07) is 0. The van der Waals surface area contributed by atoms with Gasteiger partial charge in [0.15, 0.2) is 8.87 Å². The van der Waals surface area contributed by atoms with Crippen LogP contribution in [0.2, 0.25) is 0 Å². The molecule has 0 spiro atoms. The molecule has 3 nitrogen and oxygen atoms in total. The van der Waals surface area contributed by atoms with Gasteiger partial charge in [0, 0.05) is 18.4 Å². The monoisotopic (exact) mass is 460 g/mol. The van der Waals surface area contributed by atoms with Crippen LogP contribution in [0.3, 0.4) is 0 Å². The van der Waals surface area contributed by atoms with Crippen molar-refractivity contribution in [2.75, 3.05) is 38.2 Å². The van der Waals surface area contributed by atoms with Gasteiger partial charge in [-0.15, -0.1) is 17.0 Å². The Kier molecular flexibility index (Phi) is 18.9. The van der Waals surface area contributed by atoms with Crippen molar-refractivity contribution in [3.63, 3.8) is 0 Å². The number of unbranched alkanes of at least 4 members (excludes halogenated alkanes) is 6. The van der Waals surface area contributed by atoms with Crippen LogP contribution in [-0.4, -0.2) is 51.1 Å². The fourth-order valence-electron chi connectivity index (χ4n) is 3.37. The lowest BCUT2D eigenvalue weighted by Crippen LogP contribution is -2.51. The maximum Gasteiger partial charge on any atom is 0.198 e. The third-order valence-corrected chi connectivity index (χ3v) is 7.45. The summed E-state index contributed by atoms with van der Waals surface area (Å²) in [7, 11) is -1.77. The number of halogens is 1. The topological polar surface area (TPSA) is 34.1 Å². The number of rotatable bonds is 17. The van der Waals surface area contributed by atoms with Gasteiger partial charge in [0.05, 0.1) is 26.2 Å². The molecule has 0 amide bonds. The van der Waals surface area contributed by atoms with Gasteiger partial charge < -0.3 is 4.48 Å². The lowest BCUT2D eigenvalue weighted by Gasteiger charge is -2.39. The van der Waals surface area contributed by atoms with E-state index in [2.05, 4.69) is 20.8 Å². The molecule has 0 fully saturated rings. The molecule has 0 radical (unpaired) electrons. The first kappa shape index (κ1) is 28.0. The Labute approximate surface area is 172 Å². The number of hydrogen-bond donors (Lipinski definition) is 0. The summed E-state index contributed by atoms with van der Waals surface area (Å²) in [6.07, 6.45) is 14.1. The molecule has 0 saturated carbocycles. The zero-order valence-corrected chi connectivity index (χ0v) is 20.4. The van der Waals surface area contributed by atoms with Gasteiger partial charge in [0.25, 0.3) is 0 Å². The molecule has 0 atom stereocenters. The normalized spacial score (nSPS) is 12.2. The van der Waals surface area contributed by atoms with E-state index in [1.165, 1.54) is 88.2 Å². The molecule has 0 unspecified atom stereocenters. The standard InChI is InChI=1S/C19H42NO2S2.BrH/c1-5-8-11-15-20(16-12-9-6-2,17-13-10-7-3)18-14-19-23-24(4,21)22;/h5-19H2,1-4H3;1H/q+1;. The molecule has 0 aromatic heterocycles. The molecule has 0 aliphatic carbocycles. The predicted octanol–water partition coefficient (Wildman–Crippen LogP) is 6.03. The molecule has 154 valence electrons. The summed E-state index contributed by atoms with van der Waals surface area (Å²) in [5.74, 6) is 0.744. The molecule has 0 bridgehead atoms. The van der Waals surface area contributed by atoms with E-state index >= 15 is 0 Å². The van der Waals surface area contributed by atoms with Crippen molar-refractivity contribution < 1.29 is 12.9 Å². The van der Waals surface area contributed by atoms with Crippen LogP contribution in [0.5, 0.6) is 0 Å². The molecular weight excluding hydrogens is 418 g/mol. The highest BCUT2D eigenvalue weighted by atomic mass is 79.9. The first-order valence-electron chi connectivity index (χ1n) is 10.1. The molecule has 25 heavy (non-hydrogen) atoms. The average molecular weight is 462 g/mol. The quantitative estimate of drug-likeness (QED) is 0.151. The van der Waals surface area contributed by atoms with Crippen molar-refractivity contribution in [1.82, 2.24) is 0 Å². The van der Waals surface area contributed by atoms with Gasteiger partial charge in [0.2, 0.25) is 0 Å². The Morgan fingerprint density at radius 2 is 1.04 bits per heavy atom. The molecule has 0 aliphatic rings. The highest BCUT2D eigenvalue weighted by Crippen LogP contribution is 2.19. The lowest BCUT2D eigenvalue weighted by atomic mass is 10.1. The predicted molar refractivity (Wildman–Crippen MR) is 121 cm³/mol. The van der Waals surface area contributed by atoms with Crippen molar-refractivity contribution in [2.24, 2.45) is 0 Å². The van der Waals surface area contributed by atoms with Crippen molar-refractivity contribution in [3.05, 3.63) is 0 Å². The maximum absolute atomic E-state index is 11.3. The van der Waals surface area contributed by atoms with Crippen LogP contribution in [0.4, 0.5) is 0 Å². The van der Waals surface area contributed by atoms with Gasteiger partial charge in [-0.1, -0.05) is 40.0 Å². The minimum Gasteiger partial charge on any atom is -0.324 e. The molecule has 0 N–H and O–H groups in total. The number of quaternary nitrogens is 1. The summed E-state index contributed by atoms with van der Waals surface area (Å²) < 4.78 is 23.9. The third-order valence-electron chi connectivity index (χ3n) is 4.78. The third kappa shape index (κ3) is 16.6. The summed E-state index contributed by atoms with van der Waals surface area (Å²) in [5, 5.41) is 0. The van der Waals surface area contributed by atoms with Gasteiger partial charge in [-0.05, 0) is 49.3 Å². The summed E-state index contributed by atoms with van der Waals surface area (Å²) in [5.41, 5.74) is 0. The summed E-state index contributed by atoms with van der Waals surface area (Å²) in [6.45, 7) is 11.8. The van der Waals surface area contributed by atoms with E-state index in [1.807, 2.05) is 0 Å². The second kappa shape index (κ2) is 16.9. The highest BCUT2D eigenvalue weighted by Gasteiger charge is 2.25. The van der Waals surface area contributed by atoms with Crippen LogP contribution in [0.15, 0.2) is 0 Å². The molecule has 0 rings (SSSR count). The van der Waals surface area contributed by atoms with Gasteiger partial charge >= 0.3 is 0 Å². The van der Waals surface area contributed by atoms with Crippen LogP contribution in [0, 0.1) is 0 Å². The molecule has 0 aromatic rings. The minimum atomic E-state index is -2.89. The summed E-state index contributed by atoms with van der Waals surface area (Å²) >= 11 is 0. The van der Waals surface area contributed by atoms with Crippen LogP contribution in [0.1, 0.15) is 85.0 Å². The van der Waals surface area contributed by atoms with Gasteiger partial charge in [-0.2, -0.15) is 0 Å². The first-order chi connectivity index (χ1) is 11.4. The van der Waals surface area contributed by atoms with E-state index in [0.29, 0.717) is 0 Å². The van der Waals surface area contributed by atoms with Crippen LogP contribution in [-0.2, 0) is 8.87 Å². The van der Waals surface area contributed by atoms with Gasteiger partial charge in [-0.25, -0.2) is 8.42 Å². The van der Waals surface area contributed by atoms with Crippen molar-refractivity contribution >= 4 is 36.6 Å². The smallest absolute Gasteiger partial charge is 0.198 e. The van der Waals surface area contributed by atoms with Crippen molar-refractivity contribution in [2.45, 2.75) is 85.0 Å². The highest BCUT2D eigenvalue weighted by molar-refractivity contribution is 8.93. The maximum atomic E-state index is 11.3. The van der Waals surface area contributed by atoms with E-state index in [0.717, 1.165) is 29.5 Å². The summed E-state index contributed by atoms with van der Waals surface area (Å²) in [4.78, 5) is 0. The van der Waals surface area contributed by atoms with Crippen LogP contribution in [0.25, 0.3) is 0 Å². The Morgan fingerprint density at radius 3 is 1.36 bits per heavy atom. The second-order valence-corrected chi connectivity index (χ2v) is 11.8. The molecular formula is C19H43BrNO2S2+. The van der Waals surface area contributed by atoms with Crippen molar-refractivity contribution in [1.29, 1.82) is 0 Å². The van der Waals surface area contributed by atoms with E-state index in [4.69, 9.17) is 0 Å². The minimum absolute atomic E-state index is 0. The Bertz CT molecular complexity index is 362. The zero-order valence-electron chi connectivity index (χ0n) is 17.1. The fraction of sp³-hybridized carbons (Fsp3) is 1.00. The zero-order chi connectivity index (χ0) is 18.3. The average Bonchev–Trinajstić information content (AvgIpc) is 2.51. The van der Waals surface area contributed by atoms with E-state index in [1.54, 1.807) is 0 Å². The van der Waals surface area contributed by atoms with Crippen LogP contribution >= 0.6 is 27.8 Å². The second-order valence-electron chi connectivity index (χ2n) is 7.24. The SMILES string of the molecule is Br.CCCCC[N+](CCCCC)(CCCCC)CCCSS(C)(=O)=O. The van der Waals surface area contributed by atoms with E-state index < -0.39 is 8.87 Å². The number of hydrogen-bond acceptors (Lipinski definition) is 3. The van der Waals surface area contributed by atoms with Gasteiger partial charge in [-0.3, -0.25) is 0 Å². The van der Waals surface area contributed by atoms with Gasteiger partial charge in [0.1, 0.15) is 0 Å². The van der Waals surface area contributed by atoms with Crippen LogP contribution < -0.4 is 0 Å². The van der Waals surface area contributed by atoms with E-state index in [-0.39, 0.29) is 17.0 Å². The Morgan fingerprint density at radius 1 is 0.680 bits per heavy atom. The Balaban J connectivity index is 0. The van der Waals surface area contributed by atoms with E-state index in [9.17, 15) is 8.42 Å².